The van der Waals surface area contributed by atoms with E-state index in [1.54, 1.807) is 24.1 Å². The molecule has 1 aliphatic rings. The van der Waals surface area contributed by atoms with Crippen LogP contribution in [-0.2, 0) is 30.8 Å². The van der Waals surface area contributed by atoms with Crippen LogP contribution >= 0.6 is 23.2 Å². The fourth-order valence-corrected chi connectivity index (χ4v) is 4.34. The number of rotatable bonds is 7. The van der Waals surface area contributed by atoms with E-state index in [2.05, 4.69) is 17.4 Å². The summed E-state index contributed by atoms with van der Waals surface area (Å²) in [6, 6.07) is 18.8. The van der Waals surface area contributed by atoms with Crippen molar-refractivity contribution in [1.29, 1.82) is 0 Å². The number of carbonyl (C=O) groups excluding carboxylic acids is 1. The summed E-state index contributed by atoms with van der Waals surface area (Å²) in [4.78, 5) is 14.7. The Labute approximate surface area is 198 Å². The lowest BCUT2D eigenvalue weighted by molar-refractivity contribution is -0.133. The van der Waals surface area contributed by atoms with E-state index in [0.29, 0.717) is 36.1 Å². The van der Waals surface area contributed by atoms with Crippen LogP contribution in [0.5, 0.6) is 5.75 Å². The number of halogens is 2. The van der Waals surface area contributed by atoms with Crippen LogP contribution in [0.4, 0.5) is 5.69 Å². The molecule has 32 heavy (non-hydrogen) atoms. The highest BCUT2D eigenvalue weighted by molar-refractivity contribution is 6.35. The van der Waals surface area contributed by atoms with Gasteiger partial charge in [0.25, 0.3) is 0 Å². The van der Waals surface area contributed by atoms with Gasteiger partial charge in [0.15, 0.2) is 0 Å². The third-order valence-corrected chi connectivity index (χ3v) is 6.26. The molecule has 4 rings (SSSR count). The van der Waals surface area contributed by atoms with Crippen LogP contribution in [0.3, 0.4) is 0 Å². The molecule has 1 amide bonds. The quantitative estimate of drug-likeness (QED) is 0.509. The SMILES string of the molecule is COc1ccc(CNc2ccc3c(c2)CN(C(=O)[C@H](N)Cc2ccc(Cl)cc2Cl)C3)cc1. The molecule has 5 nitrogen and oxygen atoms in total. The molecule has 0 bridgehead atoms. The molecule has 0 saturated heterocycles. The third kappa shape index (κ3) is 5.18. The molecule has 1 aliphatic heterocycles. The summed E-state index contributed by atoms with van der Waals surface area (Å²) in [5.41, 5.74) is 11.5. The predicted molar refractivity (Wildman–Crippen MR) is 129 cm³/mol. The Bertz CT molecular complexity index is 1120. The Morgan fingerprint density at radius 3 is 2.53 bits per heavy atom. The molecule has 1 atom stereocenters. The second kappa shape index (κ2) is 9.82. The predicted octanol–water partition coefficient (Wildman–Crippen LogP) is 5.03. The van der Waals surface area contributed by atoms with Crippen LogP contribution in [0.25, 0.3) is 0 Å². The van der Waals surface area contributed by atoms with Crippen LogP contribution in [0.2, 0.25) is 10.0 Å². The van der Waals surface area contributed by atoms with Crippen molar-refractivity contribution in [3.05, 3.63) is 93.0 Å². The average Bonchev–Trinajstić information content (AvgIpc) is 3.22. The normalized spacial score (nSPS) is 13.6. The molecule has 0 aromatic heterocycles. The van der Waals surface area contributed by atoms with Crippen LogP contribution < -0.4 is 15.8 Å². The molecule has 7 heteroatoms. The number of hydrogen-bond donors (Lipinski definition) is 2. The fraction of sp³-hybridized carbons (Fsp3) is 0.240. The topological polar surface area (TPSA) is 67.6 Å². The summed E-state index contributed by atoms with van der Waals surface area (Å²) in [7, 11) is 1.66. The number of carbonyl (C=O) groups is 1. The van der Waals surface area contributed by atoms with Gasteiger partial charge in [0.05, 0.1) is 13.2 Å². The second-order valence-corrected chi connectivity index (χ2v) is 8.77. The molecule has 0 radical (unpaired) electrons. The number of methoxy groups -OCH3 is 1. The largest absolute Gasteiger partial charge is 0.497 e. The van der Waals surface area contributed by atoms with Crippen molar-refractivity contribution in [2.24, 2.45) is 5.73 Å². The zero-order chi connectivity index (χ0) is 22.7. The standard InChI is InChI=1S/C25H25Cl2N3O2/c1-32-22-8-2-16(3-9-22)13-29-21-7-5-18-14-30(15-19(18)10-21)25(31)24(28)11-17-4-6-20(26)12-23(17)27/h2-10,12,24,29H,11,13-15,28H2,1H3/t24-/m1/s1. The van der Waals surface area contributed by atoms with E-state index in [4.69, 9.17) is 33.7 Å². The van der Waals surface area contributed by atoms with Crippen molar-refractivity contribution in [3.8, 4) is 5.75 Å². The average molecular weight is 470 g/mol. The first-order chi connectivity index (χ1) is 15.4. The van der Waals surface area contributed by atoms with Gasteiger partial charge in [-0.3, -0.25) is 4.79 Å². The molecular weight excluding hydrogens is 445 g/mol. The molecule has 0 aliphatic carbocycles. The van der Waals surface area contributed by atoms with Gasteiger partial charge >= 0.3 is 0 Å². The summed E-state index contributed by atoms with van der Waals surface area (Å²) in [5.74, 6) is 0.757. The van der Waals surface area contributed by atoms with E-state index in [1.165, 1.54) is 0 Å². The van der Waals surface area contributed by atoms with Gasteiger partial charge in [0.2, 0.25) is 5.91 Å². The summed E-state index contributed by atoms with van der Waals surface area (Å²) in [5, 5.41) is 4.53. The number of ether oxygens (including phenoxy) is 1. The second-order valence-electron chi connectivity index (χ2n) is 7.93. The Hall–Kier alpha value is -2.73. The minimum Gasteiger partial charge on any atom is -0.497 e. The highest BCUT2D eigenvalue weighted by Crippen LogP contribution is 2.28. The lowest BCUT2D eigenvalue weighted by atomic mass is 10.1. The van der Waals surface area contributed by atoms with Crippen molar-refractivity contribution in [3.63, 3.8) is 0 Å². The van der Waals surface area contributed by atoms with Crippen LogP contribution in [-0.4, -0.2) is 24.0 Å². The van der Waals surface area contributed by atoms with Crippen LogP contribution in [0, 0.1) is 0 Å². The van der Waals surface area contributed by atoms with Gasteiger partial charge in [0.1, 0.15) is 5.75 Å². The lowest BCUT2D eigenvalue weighted by Crippen LogP contribution is -2.42. The molecule has 0 unspecified atom stereocenters. The van der Waals surface area contributed by atoms with Crippen LogP contribution in [0.15, 0.2) is 60.7 Å². The molecular formula is C25H25Cl2N3O2. The first-order valence-corrected chi connectivity index (χ1v) is 11.2. The van der Waals surface area contributed by atoms with E-state index in [9.17, 15) is 4.79 Å². The Kier molecular flexibility index (Phi) is 6.89. The van der Waals surface area contributed by atoms with Crippen molar-refractivity contribution in [2.75, 3.05) is 12.4 Å². The highest BCUT2D eigenvalue weighted by atomic mass is 35.5. The Balaban J connectivity index is 1.36. The van der Waals surface area contributed by atoms with E-state index in [1.807, 2.05) is 36.4 Å². The number of nitrogens with zero attached hydrogens (tertiary/aromatic N) is 1. The summed E-state index contributed by atoms with van der Waals surface area (Å²) in [6.45, 7) is 1.82. The van der Waals surface area contributed by atoms with Gasteiger partial charge in [-0.15, -0.1) is 0 Å². The number of benzene rings is 3. The molecule has 166 valence electrons. The summed E-state index contributed by atoms with van der Waals surface area (Å²) < 4.78 is 5.20. The van der Waals surface area contributed by atoms with E-state index >= 15 is 0 Å². The Morgan fingerprint density at radius 2 is 1.81 bits per heavy atom. The monoisotopic (exact) mass is 469 g/mol. The number of anilines is 1. The first kappa shape index (κ1) is 22.5. The van der Waals surface area contributed by atoms with E-state index in [0.717, 1.165) is 33.7 Å². The number of fused-ring (bicyclic) bond motifs is 1. The van der Waals surface area contributed by atoms with Crippen molar-refractivity contribution in [1.82, 2.24) is 4.90 Å². The minimum atomic E-state index is -0.657. The van der Waals surface area contributed by atoms with E-state index < -0.39 is 6.04 Å². The number of nitrogens with one attached hydrogen (secondary N) is 1. The molecule has 1 heterocycles. The maximum atomic E-state index is 13.0. The van der Waals surface area contributed by atoms with Gasteiger partial charge in [0, 0.05) is 35.4 Å². The van der Waals surface area contributed by atoms with Crippen LogP contribution in [0.1, 0.15) is 22.3 Å². The van der Waals surface area contributed by atoms with Gasteiger partial charge in [-0.1, -0.05) is 47.5 Å². The molecule has 3 aromatic rings. The van der Waals surface area contributed by atoms with E-state index in [-0.39, 0.29) is 5.91 Å². The maximum absolute atomic E-state index is 13.0. The fourth-order valence-electron chi connectivity index (χ4n) is 3.85. The molecule has 3 aromatic carbocycles. The highest BCUT2D eigenvalue weighted by Gasteiger charge is 2.27. The zero-order valence-electron chi connectivity index (χ0n) is 17.8. The minimum absolute atomic E-state index is 0.0834. The number of amides is 1. The Morgan fingerprint density at radius 1 is 1.06 bits per heavy atom. The first-order valence-electron chi connectivity index (χ1n) is 10.4. The van der Waals surface area contributed by atoms with Crippen molar-refractivity contribution in [2.45, 2.75) is 32.1 Å². The number of hydrogen-bond acceptors (Lipinski definition) is 4. The van der Waals surface area contributed by atoms with Gasteiger partial charge in [-0.2, -0.15) is 0 Å². The van der Waals surface area contributed by atoms with Crippen molar-refractivity contribution >= 4 is 34.8 Å². The summed E-state index contributed by atoms with van der Waals surface area (Å²) in [6.07, 6.45) is 0.371. The molecule has 0 spiro atoms. The molecule has 0 saturated carbocycles. The van der Waals surface area contributed by atoms with Gasteiger partial charge in [-0.05, 0) is 65.1 Å². The zero-order valence-corrected chi connectivity index (χ0v) is 19.3. The molecule has 0 fully saturated rings. The lowest BCUT2D eigenvalue weighted by Gasteiger charge is -2.20. The van der Waals surface area contributed by atoms with Gasteiger partial charge in [-0.25, -0.2) is 0 Å². The summed E-state index contributed by atoms with van der Waals surface area (Å²) >= 11 is 12.2. The third-order valence-electron chi connectivity index (χ3n) is 5.67. The molecule has 3 N–H and O–H groups in total. The van der Waals surface area contributed by atoms with Crippen molar-refractivity contribution < 1.29 is 9.53 Å². The number of nitrogens with two attached hydrogens (primary N) is 1. The van der Waals surface area contributed by atoms with Gasteiger partial charge < -0.3 is 20.7 Å². The smallest absolute Gasteiger partial charge is 0.240 e. The maximum Gasteiger partial charge on any atom is 0.240 e.